The molecule has 1 saturated heterocycles. The predicted octanol–water partition coefficient (Wildman–Crippen LogP) is 2.52. The Morgan fingerprint density at radius 3 is 2.63 bits per heavy atom. The molecular weight excluding hydrogens is 482 g/mol. The van der Waals surface area contributed by atoms with E-state index in [4.69, 9.17) is 9.47 Å². The smallest absolute Gasteiger partial charge is 0.252 e. The Labute approximate surface area is 222 Å². The number of rotatable bonds is 10. The van der Waals surface area contributed by atoms with Crippen molar-refractivity contribution in [1.29, 1.82) is 0 Å². The molecule has 3 heterocycles. The van der Waals surface area contributed by atoms with E-state index >= 15 is 0 Å². The molecule has 0 aliphatic carbocycles. The average Bonchev–Trinajstić information content (AvgIpc) is 3.37. The highest BCUT2D eigenvalue weighted by Crippen LogP contribution is 2.20. The van der Waals surface area contributed by atoms with Gasteiger partial charge in [-0.05, 0) is 64.5 Å². The molecule has 1 aliphatic rings. The van der Waals surface area contributed by atoms with Gasteiger partial charge in [-0.1, -0.05) is 24.3 Å². The molecule has 0 unspecified atom stereocenters. The lowest BCUT2D eigenvalue weighted by molar-refractivity contribution is 0.0322. The predicted molar refractivity (Wildman–Crippen MR) is 145 cm³/mol. The maximum atomic E-state index is 13.1. The number of ether oxygens (including phenoxy) is 2. The quantitative estimate of drug-likeness (QED) is 0.343. The number of hydrogen-bond acceptors (Lipinski definition) is 8. The van der Waals surface area contributed by atoms with E-state index < -0.39 is 0 Å². The van der Waals surface area contributed by atoms with E-state index in [1.165, 1.54) is 0 Å². The molecule has 10 heteroatoms. The topological polar surface area (TPSA) is 101 Å². The van der Waals surface area contributed by atoms with Gasteiger partial charge < -0.3 is 14.5 Å². The Morgan fingerprint density at radius 2 is 1.87 bits per heavy atom. The number of pyridine rings is 1. The van der Waals surface area contributed by atoms with Gasteiger partial charge in [0.15, 0.2) is 5.82 Å². The molecule has 0 atom stereocenters. The van der Waals surface area contributed by atoms with E-state index in [9.17, 15) is 4.79 Å². The minimum atomic E-state index is -0.0552. The van der Waals surface area contributed by atoms with Crippen LogP contribution >= 0.6 is 0 Å². The minimum absolute atomic E-state index is 0.0552. The number of tetrazole rings is 1. The molecule has 0 spiro atoms. The number of hydrogen-bond donors (Lipinski definition) is 1. The summed E-state index contributed by atoms with van der Waals surface area (Å²) in [7, 11) is 1.66. The number of nitrogens with zero attached hydrogens (tertiary/aromatic N) is 6. The second kappa shape index (κ2) is 11.8. The number of fused-ring (bicyclic) bond motifs is 1. The molecule has 2 aromatic heterocycles. The van der Waals surface area contributed by atoms with Crippen molar-refractivity contribution in [3.8, 4) is 5.75 Å². The summed E-state index contributed by atoms with van der Waals surface area (Å²) in [4.78, 5) is 20.9. The summed E-state index contributed by atoms with van der Waals surface area (Å²) in [6.45, 7) is 10.7. The number of H-pyrrole nitrogens is 1. The van der Waals surface area contributed by atoms with Crippen LogP contribution in [-0.4, -0.2) is 81.5 Å². The average molecular weight is 518 g/mol. The fraction of sp³-hybridized carbons (Fsp3) is 0.429. The maximum absolute atomic E-state index is 13.1. The van der Waals surface area contributed by atoms with Crippen molar-refractivity contribution in [1.82, 2.24) is 35.0 Å². The number of methoxy groups -OCH3 is 1. The van der Waals surface area contributed by atoms with E-state index in [1.54, 1.807) is 7.11 Å². The van der Waals surface area contributed by atoms with Gasteiger partial charge in [0.25, 0.3) is 5.56 Å². The lowest BCUT2D eigenvalue weighted by atomic mass is 10.0. The van der Waals surface area contributed by atoms with Crippen molar-refractivity contribution in [2.45, 2.75) is 33.5 Å². The summed E-state index contributed by atoms with van der Waals surface area (Å²) in [5.41, 5.74) is 4.93. The molecule has 1 fully saturated rings. The molecule has 5 rings (SSSR count). The van der Waals surface area contributed by atoms with Crippen molar-refractivity contribution >= 4 is 10.9 Å². The molecule has 0 saturated carbocycles. The van der Waals surface area contributed by atoms with Crippen LogP contribution in [0, 0.1) is 13.8 Å². The first-order chi connectivity index (χ1) is 18.5. The molecule has 2 aromatic carbocycles. The van der Waals surface area contributed by atoms with Crippen LogP contribution in [0.25, 0.3) is 10.9 Å². The number of benzene rings is 2. The highest BCUT2D eigenvalue weighted by molar-refractivity contribution is 5.83. The Bertz CT molecular complexity index is 1420. The summed E-state index contributed by atoms with van der Waals surface area (Å²) in [6.07, 6.45) is 0. The van der Waals surface area contributed by atoms with Crippen LogP contribution in [0.5, 0.6) is 5.75 Å². The highest BCUT2D eigenvalue weighted by Gasteiger charge is 2.18. The van der Waals surface area contributed by atoms with Gasteiger partial charge in [-0.2, -0.15) is 0 Å². The van der Waals surface area contributed by atoms with Crippen LogP contribution in [0.1, 0.15) is 28.1 Å². The Hall–Kier alpha value is -3.60. The largest absolute Gasteiger partial charge is 0.497 e. The van der Waals surface area contributed by atoms with Crippen molar-refractivity contribution in [3.05, 3.63) is 80.9 Å². The summed E-state index contributed by atoms with van der Waals surface area (Å²) in [6, 6.07) is 14.1. The Morgan fingerprint density at radius 1 is 1.08 bits per heavy atom. The highest BCUT2D eigenvalue weighted by atomic mass is 16.5. The fourth-order valence-electron chi connectivity index (χ4n) is 4.81. The van der Waals surface area contributed by atoms with E-state index in [1.807, 2.05) is 41.9 Å². The first-order valence-corrected chi connectivity index (χ1v) is 13.0. The van der Waals surface area contributed by atoms with Gasteiger partial charge in [0, 0.05) is 38.3 Å². The molecule has 200 valence electrons. The molecular formula is C28H35N7O3. The lowest BCUT2D eigenvalue weighted by Crippen LogP contribution is -2.41. The lowest BCUT2D eigenvalue weighted by Gasteiger charge is -2.29. The summed E-state index contributed by atoms with van der Waals surface area (Å²) in [5, 5.41) is 13.6. The Kier molecular flexibility index (Phi) is 8.11. The third-order valence-electron chi connectivity index (χ3n) is 7.32. The summed E-state index contributed by atoms with van der Waals surface area (Å²) >= 11 is 0. The van der Waals surface area contributed by atoms with Gasteiger partial charge in [0.05, 0.1) is 38.9 Å². The number of aromatic nitrogens is 5. The van der Waals surface area contributed by atoms with Crippen molar-refractivity contribution in [2.75, 3.05) is 46.5 Å². The van der Waals surface area contributed by atoms with Crippen LogP contribution in [0.15, 0.2) is 47.3 Å². The molecule has 4 aromatic rings. The van der Waals surface area contributed by atoms with Gasteiger partial charge in [-0.15, -0.1) is 5.10 Å². The fourth-order valence-corrected chi connectivity index (χ4v) is 4.81. The van der Waals surface area contributed by atoms with Gasteiger partial charge in [-0.25, -0.2) is 4.68 Å². The summed E-state index contributed by atoms with van der Waals surface area (Å²) in [5.74, 6) is 1.57. The second-order valence-corrected chi connectivity index (χ2v) is 9.86. The van der Waals surface area contributed by atoms with E-state index in [-0.39, 0.29) is 5.56 Å². The molecule has 1 N–H and O–H groups in total. The van der Waals surface area contributed by atoms with E-state index in [2.05, 4.69) is 49.4 Å². The zero-order valence-electron chi connectivity index (χ0n) is 22.3. The van der Waals surface area contributed by atoms with Crippen molar-refractivity contribution in [3.63, 3.8) is 0 Å². The standard InChI is InChI=1S/C28H35N7O3/c1-20-4-7-23-16-24(28(36)29-27(23)21(20)2)18-34(11-10-33-12-14-38-15-13-33)19-26-30-31-32-35(26)17-22-5-8-25(37-3)9-6-22/h4-9,16H,10-15,17-19H2,1-3H3,(H,29,36). The monoisotopic (exact) mass is 517 g/mol. The van der Waals surface area contributed by atoms with Gasteiger partial charge in [-0.3, -0.25) is 14.6 Å². The van der Waals surface area contributed by atoms with Gasteiger partial charge in [0.1, 0.15) is 5.75 Å². The van der Waals surface area contributed by atoms with Crippen LogP contribution in [0.2, 0.25) is 0 Å². The van der Waals surface area contributed by atoms with Crippen molar-refractivity contribution in [2.24, 2.45) is 0 Å². The SMILES string of the molecule is COc1ccc(Cn2nnnc2CN(CCN2CCOCC2)Cc2cc3ccc(C)c(C)c3[nH]c2=O)cc1. The third-order valence-corrected chi connectivity index (χ3v) is 7.32. The molecule has 1 aliphatic heterocycles. The first kappa shape index (κ1) is 26.0. The molecule has 0 radical (unpaired) electrons. The number of morpholine rings is 1. The second-order valence-electron chi connectivity index (χ2n) is 9.86. The minimum Gasteiger partial charge on any atom is -0.497 e. The zero-order valence-corrected chi connectivity index (χ0v) is 22.3. The Balaban J connectivity index is 1.37. The normalized spacial score (nSPS) is 14.4. The first-order valence-electron chi connectivity index (χ1n) is 13.0. The maximum Gasteiger partial charge on any atom is 0.252 e. The number of aryl methyl sites for hydroxylation is 2. The van der Waals surface area contributed by atoms with E-state index in [0.29, 0.717) is 19.6 Å². The van der Waals surface area contributed by atoms with Gasteiger partial charge in [0.2, 0.25) is 0 Å². The molecule has 38 heavy (non-hydrogen) atoms. The van der Waals surface area contributed by atoms with Gasteiger partial charge >= 0.3 is 0 Å². The number of nitrogens with one attached hydrogen (secondary N) is 1. The third kappa shape index (κ3) is 6.09. The van der Waals surface area contributed by atoms with Crippen molar-refractivity contribution < 1.29 is 9.47 Å². The van der Waals surface area contributed by atoms with Crippen LogP contribution < -0.4 is 10.3 Å². The molecule has 0 bridgehead atoms. The van der Waals surface area contributed by atoms with Crippen LogP contribution in [-0.2, 0) is 24.4 Å². The van der Waals surface area contributed by atoms with Crippen LogP contribution in [0.3, 0.4) is 0 Å². The zero-order chi connectivity index (χ0) is 26.5. The van der Waals surface area contributed by atoms with E-state index in [0.717, 1.165) is 84.1 Å². The van der Waals surface area contributed by atoms with Crippen LogP contribution in [0.4, 0.5) is 0 Å². The number of aromatic amines is 1. The summed E-state index contributed by atoms with van der Waals surface area (Å²) < 4.78 is 12.6. The molecule has 0 amide bonds. The molecule has 10 nitrogen and oxygen atoms in total.